The number of thiazole rings is 1. The molecule has 2 N–H and O–H groups in total. The summed E-state index contributed by atoms with van der Waals surface area (Å²) in [6.45, 7) is 5.81. The highest BCUT2D eigenvalue weighted by Gasteiger charge is 2.34. The summed E-state index contributed by atoms with van der Waals surface area (Å²) in [6.07, 6.45) is 2.67. The van der Waals surface area contributed by atoms with E-state index in [-0.39, 0.29) is 11.8 Å². The number of rotatable bonds is 4. The molecular formula is C24H24N6OS. The van der Waals surface area contributed by atoms with Gasteiger partial charge in [-0.1, -0.05) is 36.5 Å². The van der Waals surface area contributed by atoms with Crippen LogP contribution in [0.5, 0.6) is 0 Å². The zero-order valence-electron chi connectivity index (χ0n) is 18.4. The van der Waals surface area contributed by atoms with Crippen molar-refractivity contribution in [2.24, 2.45) is 0 Å². The van der Waals surface area contributed by atoms with Crippen molar-refractivity contribution in [1.82, 2.24) is 19.7 Å². The van der Waals surface area contributed by atoms with Crippen molar-refractivity contribution in [2.75, 3.05) is 17.7 Å². The SMILES string of the molecule is CNc1ccc(-c2nn(-c3ccccc3C)c3c2C(C)Cc2nc(NC(C)=O)sc2-3)cn1. The van der Waals surface area contributed by atoms with Crippen molar-refractivity contribution >= 4 is 28.2 Å². The summed E-state index contributed by atoms with van der Waals surface area (Å²) >= 11 is 1.51. The van der Waals surface area contributed by atoms with Crippen LogP contribution in [0, 0.1) is 6.92 Å². The van der Waals surface area contributed by atoms with E-state index in [0.717, 1.165) is 51.0 Å². The fourth-order valence-electron chi connectivity index (χ4n) is 4.26. The monoisotopic (exact) mass is 444 g/mol. The van der Waals surface area contributed by atoms with Gasteiger partial charge in [-0.2, -0.15) is 5.10 Å². The Bertz CT molecular complexity index is 1320. The number of para-hydroxylation sites is 1. The number of hydrogen-bond acceptors (Lipinski definition) is 6. The molecule has 0 radical (unpaired) electrons. The van der Waals surface area contributed by atoms with Crippen molar-refractivity contribution in [2.45, 2.75) is 33.1 Å². The summed E-state index contributed by atoms with van der Waals surface area (Å²) in [6, 6.07) is 12.3. The Labute approximate surface area is 190 Å². The second kappa shape index (κ2) is 7.87. The van der Waals surface area contributed by atoms with Crippen LogP contribution in [0.4, 0.5) is 10.9 Å². The number of aryl methyl sites for hydroxylation is 1. The van der Waals surface area contributed by atoms with E-state index in [4.69, 9.17) is 10.1 Å². The molecular weight excluding hydrogens is 420 g/mol. The summed E-state index contributed by atoms with van der Waals surface area (Å²) < 4.78 is 2.04. The maximum atomic E-state index is 11.6. The number of carbonyl (C=O) groups is 1. The summed E-state index contributed by atoms with van der Waals surface area (Å²) in [5.74, 6) is 0.924. The first-order chi connectivity index (χ1) is 15.5. The lowest BCUT2D eigenvalue weighted by Crippen LogP contribution is -2.10. The van der Waals surface area contributed by atoms with Crippen molar-refractivity contribution in [3.05, 3.63) is 59.4 Å². The van der Waals surface area contributed by atoms with Crippen LogP contribution >= 0.6 is 11.3 Å². The number of benzene rings is 1. The minimum atomic E-state index is -0.117. The Morgan fingerprint density at radius 2 is 2.03 bits per heavy atom. The van der Waals surface area contributed by atoms with Crippen LogP contribution < -0.4 is 10.6 Å². The fraction of sp³-hybridized carbons (Fsp3) is 0.250. The number of nitrogens with one attached hydrogen (secondary N) is 2. The fourth-order valence-corrected chi connectivity index (χ4v) is 5.34. The van der Waals surface area contributed by atoms with Gasteiger partial charge < -0.3 is 10.6 Å². The highest BCUT2D eigenvalue weighted by atomic mass is 32.1. The topological polar surface area (TPSA) is 84.7 Å². The van der Waals surface area contributed by atoms with E-state index < -0.39 is 0 Å². The number of pyridine rings is 1. The van der Waals surface area contributed by atoms with Gasteiger partial charge in [-0.15, -0.1) is 0 Å². The Morgan fingerprint density at radius 1 is 1.22 bits per heavy atom. The first kappa shape index (κ1) is 20.4. The van der Waals surface area contributed by atoms with Crippen LogP contribution in [0.2, 0.25) is 0 Å². The molecule has 1 atom stereocenters. The molecule has 1 amide bonds. The van der Waals surface area contributed by atoms with Gasteiger partial charge in [-0.05, 0) is 43.0 Å². The summed E-state index contributed by atoms with van der Waals surface area (Å²) in [7, 11) is 1.86. The van der Waals surface area contributed by atoms with Crippen LogP contribution in [0.15, 0.2) is 42.6 Å². The second-order valence-corrected chi connectivity index (χ2v) is 9.07. The standard InChI is InChI=1S/C24H24N6OS/c1-13-7-5-6-8-18(13)30-22-20(21(29-30)16-9-10-19(25-4)26-12-16)14(2)11-17-23(22)32-24(28-17)27-15(3)31/h5-10,12,14H,11H2,1-4H3,(H,25,26)(H,27,28,31). The average Bonchev–Trinajstić information content (AvgIpc) is 3.35. The third-order valence-electron chi connectivity index (χ3n) is 5.75. The van der Waals surface area contributed by atoms with Gasteiger partial charge in [0.1, 0.15) is 5.82 Å². The molecule has 5 rings (SSSR count). The van der Waals surface area contributed by atoms with Crippen LogP contribution in [0.1, 0.15) is 36.6 Å². The van der Waals surface area contributed by atoms with Gasteiger partial charge in [-0.25, -0.2) is 14.6 Å². The zero-order chi connectivity index (χ0) is 22.4. The van der Waals surface area contributed by atoms with Crippen LogP contribution in [0.3, 0.4) is 0 Å². The third kappa shape index (κ3) is 3.36. The van der Waals surface area contributed by atoms with Gasteiger partial charge in [0.05, 0.1) is 27.6 Å². The number of aromatic nitrogens is 4. The third-order valence-corrected chi connectivity index (χ3v) is 6.77. The molecule has 7 nitrogen and oxygen atoms in total. The maximum absolute atomic E-state index is 11.6. The first-order valence-electron chi connectivity index (χ1n) is 10.6. The van der Waals surface area contributed by atoms with E-state index in [0.29, 0.717) is 5.13 Å². The second-order valence-electron chi connectivity index (χ2n) is 8.07. The minimum absolute atomic E-state index is 0.117. The normalized spacial score (nSPS) is 14.6. The Hall–Kier alpha value is -3.52. The predicted octanol–water partition coefficient (Wildman–Crippen LogP) is 5.03. The van der Waals surface area contributed by atoms with E-state index in [1.807, 2.05) is 36.1 Å². The van der Waals surface area contributed by atoms with E-state index >= 15 is 0 Å². The number of hydrogen-bond donors (Lipinski definition) is 2. The molecule has 1 aliphatic rings. The lowest BCUT2D eigenvalue weighted by atomic mass is 9.86. The number of amides is 1. The first-order valence-corrected chi connectivity index (χ1v) is 11.4. The highest BCUT2D eigenvalue weighted by Crippen LogP contribution is 2.48. The number of carbonyl (C=O) groups excluding carboxylic acids is 1. The van der Waals surface area contributed by atoms with E-state index in [9.17, 15) is 4.79 Å². The van der Waals surface area contributed by atoms with Crippen LogP contribution in [0.25, 0.3) is 27.5 Å². The summed E-state index contributed by atoms with van der Waals surface area (Å²) in [4.78, 5) is 21.9. The van der Waals surface area contributed by atoms with Crippen molar-refractivity contribution in [1.29, 1.82) is 0 Å². The zero-order valence-corrected chi connectivity index (χ0v) is 19.2. The smallest absolute Gasteiger partial charge is 0.223 e. The van der Waals surface area contributed by atoms with Gasteiger partial charge in [0, 0.05) is 31.3 Å². The van der Waals surface area contributed by atoms with E-state index in [1.54, 1.807) is 0 Å². The molecule has 32 heavy (non-hydrogen) atoms. The molecule has 0 saturated carbocycles. The largest absolute Gasteiger partial charge is 0.373 e. The molecule has 4 aromatic rings. The minimum Gasteiger partial charge on any atom is -0.373 e. The van der Waals surface area contributed by atoms with E-state index in [2.05, 4.69) is 47.7 Å². The predicted molar refractivity (Wildman–Crippen MR) is 129 cm³/mol. The highest BCUT2D eigenvalue weighted by molar-refractivity contribution is 7.19. The van der Waals surface area contributed by atoms with Gasteiger partial charge in [-0.3, -0.25) is 4.79 Å². The van der Waals surface area contributed by atoms with Crippen LogP contribution in [-0.4, -0.2) is 32.7 Å². The molecule has 1 unspecified atom stereocenters. The molecule has 0 fully saturated rings. The molecule has 3 aromatic heterocycles. The van der Waals surface area contributed by atoms with E-state index in [1.165, 1.54) is 23.8 Å². The molecule has 1 aliphatic carbocycles. The van der Waals surface area contributed by atoms with Crippen molar-refractivity contribution in [3.63, 3.8) is 0 Å². The molecule has 0 aliphatic heterocycles. The van der Waals surface area contributed by atoms with Gasteiger partial charge >= 0.3 is 0 Å². The number of nitrogens with zero attached hydrogens (tertiary/aromatic N) is 4. The molecule has 8 heteroatoms. The molecule has 162 valence electrons. The summed E-state index contributed by atoms with van der Waals surface area (Å²) in [5.41, 5.74) is 7.33. The Balaban J connectivity index is 1.77. The lowest BCUT2D eigenvalue weighted by molar-refractivity contribution is -0.114. The Kier molecular flexibility index (Phi) is 5.01. The molecule has 0 spiro atoms. The maximum Gasteiger partial charge on any atom is 0.223 e. The lowest BCUT2D eigenvalue weighted by Gasteiger charge is -2.20. The molecule has 0 bridgehead atoms. The van der Waals surface area contributed by atoms with Gasteiger partial charge in [0.25, 0.3) is 0 Å². The van der Waals surface area contributed by atoms with Crippen molar-refractivity contribution < 1.29 is 4.79 Å². The van der Waals surface area contributed by atoms with Crippen molar-refractivity contribution in [3.8, 4) is 27.5 Å². The molecule has 1 aromatic carbocycles. The summed E-state index contributed by atoms with van der Waals surface area (Å²) in [5, 5.41) is 11.7. The number of fused-ring (bicyclic) bond motifs is 3. The Morgan fingerprint density at radius 3 is 2.72 bits per heavy atom. The molecule has 0 saturated heterocycles. The average molecular weight is 445 g/mol. The van der Waals surface area contributed by atoms with Crippen LogP contribution in [-0.2, 0) is 11.2 Å². The number of anilines is 2. The molecule has 3 heterocycles. The van der Waals surface area contributed by atoms with Gasteiger partial charge in [0.15, 0.2) is 5.13 Å². The van der Waals surface area contributed by atoms with Gasteiger partial charge in [0.2, 0.25) is 5.91 Å². The quantitative estimate of drug-likeness (QED) is 0.461.